The molecule has 16 heavy (non-hydrogen) atoms. The molecule has 0 amide bonds. The van der Waals surface area contributed by atoms with E-state index < -0.39 is 0 Å². The summed E-state index contributed by atoms with van der Waals surface area (Å²) in [5.41, 5.74) is 2.23. The Bertz CT molecular complexity index is 417. The van der Waals surface area contributed by atoms with E-state index in [1.165, 1.54) is 25.7 Å². The number of aromatic amines is 1. The van der Waals surface area contributed by atoms with Crippen LogP contribution in [0.1, 0.15) is 36.9 Å². The molecule has 0 radical (unpaired) electrons. The van der Waals surface area contributed by atoms with E-state index in [4.69, 9.17) is 12.2 Å². The molecule has 0 unspecified atom stereocenters. The Labute approximate surface area is 102 Å². The first-order valence-electron chi connectivity index (χ1n) is 6.01. The van der Waals surface area contributed by atoms with Crippen molar-refractivity contribution in [3.05, 3.63) is 15.9 Å². The van der Waals surface area contributed by atoms with E-state index in [2.05, 4.69) is 21.8 Å². The minimum Gasteiger partial charge on any atom is -0.342 e. The lowest BCUT2D eigenvalue weighted by molar-refractivity contribution is 0.726. The van der Waals surface area contributed by atoms with Crippen molar-refractivity contribution in [2.24, 2.45) is 0 Å². The highest BCUT2D eigenvalue weighted by atomic mass is 32.1. The Morgan fingerprint density at radius 1 is 1.12 bits per heavy atom. The number of H-pyrrole nitrogens is 1. The van der Waals surface area contributed by atoms with Gasteiger partial charge >= 0.3 is 0 Å². The first-order valence-corrected chi connectivity index (χ1v) is 6.42. The van der Waals surface area contributed by atoms with Gasteiger partial charge in [-0.25, -0.2) is 4.98 Å². The average Bonchev–Trinajstić information content (AvgIpc) is 2.53. The molecule has 1 saturated heterocycles. The van der Waals surface area contributed by atoms with Crippen LogP contribution in [0.25, 0.3) is 0 Å². The molecular weight excluding hydrogens is 218 g/mol. The van der Waals surface area contributed by atoms with Gasteiger partial charge < -0.3 is 9.88 Å². The smallest absolute Gasteiger partial charge is 0.204 e. The van der Waals surface area contributed by atoms with Crippen LogP contribution in [0.4, 0.5) is 5.95 Å². The predicted octanol–water partition coefficient (Wildman–Crippen LogP) is 3.14. The molecule has 1 aliphatic heterocycles. The normalized spacial score (nSPS) is 17.2. The zero-order valence-corrected chi connectivity index (χ0v) is 10.9. The quantitative estimate of drug-likeness (QED) is 0.761. The second-order valence-electron chi connectivity index (χ2n) is 4.52. The third kappa shape index (κ3) is 2.43. The van der Waals surface area contributed by atoms with Crippen LogP contribution in [0.5, 0.6) is 0 Å². The highest BCUT2D eigenvalue weighted by Crippen LogP contribution is 2.17. The number of anilines is 1. The van der Waals surface area contributed by atoms with Crippen LogP contribution < -0.4 is 4.90 Å². The van der Waals surface area contributed by atoms with Gasteiger partial charge in [0, 0.05) is 24.3 Å². The standard InChI is InChI=1S/C12H19N3S/c1-9-10(2)13-12(14-11(9)16)15-7-5-3-4-6-8-15/h3-8H2,1-2H3,(H,13,14,16). The van der Waals surface area contributed by atoms with Crippen LogP contribution in [0.2, 0.25) is 0 Å². The predicted molar refractivity (Wildman–Crippen MR) is 69.6 cm³/mol. The van der Waals surface area contributed by atoms with Gasteiger partial charge in [-0.15, -0.1) is 0 Å². The van der Waals surface area contributed by atoms with Gasteiger partial charge in [0.2, 0.25) is 5.95 Å². The topological polar surface area (TPSA) is 31.9 Å². The summed E-state index contributed by atoms with van der Waals surface area (Å²) in [4.78, 5) is 10.2. The van der Waals surface area contributed by atoms with Gasteiger partial charge in [-0.05, 0) is 26.7 Å². The highest BCUT2D eigenvalue weighted by Gasteiger charge is 2.12. The van der Waals surface area contributed by atoms with Gasteiger partial charge in [0.25, 0.3) is 0 Å². The zero-order chi connectivity index (χ0) is 11.5. The summed E-state index contributed by atoms with van der Waals surface area (Å²) < 4.78 is 0.732. The van der Waals surface area contributed by atoms with Crippen molar-refractivity contribution in [2.45, 2.75) is 39.5 Å². The van der Waals surface area contributed by atoms with Gasteiger partial charge in [-0.2, -0.15) is 0 Å². The van der Waals surface area contributed by atoms with Crippen molar-refractivity contribution in [3.8, 4) is 0 Å². The lowest BCUT2D eigenvalue weighted by atomic mass is 10.2. The Morgan fingerprint density at radius 2 is 1.75 bits per heavy atom. The van der Waals surface area contributed by atoms with Crippen LogP contribution >= 0.6 is 12.2 Å². The monoisotopic (exact) mass is 237 g/mol. The summed E-state index contributed by atoms with van der Waals surface area (Å²) >= 11 is 5.27. The molecule has 88 valence electrons. The van der Waals surface area contributed by atoms with Gasteiger partial charge in [0.15, 0.2) is 0 Å². The SMILES string of the molecule is Cc1[nH]c(N2CCCCCC2)nc(=S)c1C. The molecule has 0 atom stereocenters. The molecule has 0 aromatic carbocycles. The van der Waals surface area contributed by atoms with E-state index in [1.54, 1.807) is 0 Å². The lowest BCUT2D eigenvalue weighted by Gasteiger charge is -2.21. The van der Waals surface area contributed by atoms with E-state index in [9.17, 15) is 0 Å². The minimum atomic E-state index is 0.732. The van der Waals surface area contributed by atoms with Crippen molar-refractivity contribution in [2.75, 3.05) is 18.0 Å². The van der Waals surface area contributed by atoms with Crippen molar-refractivity contribution >= 4 is 18.2 Å². The fourth-order valence-electron chi connectivity index (χ4n) is 2.06. The number of hydrogen-bond donors (Lipinski definition) is 1. The second-order valence-corrected chi connectivity index (χ2v) is 4.90. The fraction of sp³-hybridized carbons (Fsp3) is 0.667. The molecule has 4 heteroatoms. The maximum Gasteiger partial charge on any atom is 0.204 e. The van der Waals surface area contributed by atoms with Crippen molar-refractivity contribution in [1.29, 1.82) is 0 Å². The maximum atomic E-state index is 5.27. The van der Waals surface area contributed by atoms with Gasteiger partial charge in [-0.1, -0.05) is 25.1 Å². The third-order valence-electron chi connectivity index (χ3n) is 3.30. The van der Waals surface area contributed by atoms with Crippen LogP contribution in [-0.4, -0.2) is 23.1 Å². The van der Waals surface area contributed by atoms with E-state index in [0.717, 1.165) is 34.9 Å². The summed E-state index contributed by atoms with van der Waals surface area (Å²) in [7, 11) is 0. The van der Waals surface area contributed by atoms with E-state index >= 15 is 0 Å². The molecule has 1 aliphatic rings. The highest BCUT2D eigenvalue weighted by molar-refractivity contribution is 7.71. The third-order valence-corrected chi connectivity index (χ3v) is 3.69. The van der Waals surface area contributed by atoms with Gasteiger partial charge in [0.05, 0.1) is 0 Å². The molecule has 0 bridgehead atoms. The molecule has 1 N–H and O–H groups in total. The minimum absolute atomic E-state index is 0.732. The van der Waals surface area contributed by atoms with Crippen molar-refractivity contribution in [1.82, 2.24) is 9.97 Å². The van der Waals surface area contributed by atoms with E-state index in [0.29, 0.717) is 0 Å². The Hall–Kier alpha value is -0.900. The molecular formula is C12H19N3S. The number of nitrogens with one attached hydrogen (secondary N) is 1. The summed E-state index contributed by atoms with van der Waals surface area (Å²) in [6.07, 6.45) is 5.19. The number of hydrogen-bond acceptors (Lipinski definition) is 3. The number of nitrogens with zero attached hydrogens (tertiary/aromatic N) is 2. The molecule has 0 spiro atoms. The summed E-state index contributed by atoms with van der Waals surface area (Å²) in [5, 5.41) is 0. The average molecular weight is 237 g/mol. The maximum absolute atomic E-state index is 5.27. The summed E-state index contributed by atoms with van der Waals surface area (Å²) in [6, 6.07) is 0. The molecule has 1 fully saturated rings. The molecule has 2 heterocycles. The lowest BCUT2D eigenvalue weighted by Crippen LogP contribution is -2.26. The number of aryl methyl sites for hydroxylation is 1. The van der Waals surface area contributed by atoms with Crippen molar-refractivity contribution < 1.29 is 0 Å². The van der Waals surface area contributed by atoms with Gasteiger partial charge in [0.1, 0.15) is 4.64 Å². The molecule has 3 nitrogen and oxygen atoms in total. The Morgan fingerprint density at radius 3 is 2.31 bits per heavy atom. The largest absolute Gasteiger partial charge is 0.342 e. The number of aromatic nitrogens is 2. The molecule has 1 aromatic rings. The summed E-state index contributed by atoms with van der Waals surface area (Å²) in [5.74, 6) is 0.954. The Balaban J connectivity index is 2.28. The molecule has 1 aromatic heterocycles. The van der Waals surface area contributed by atoms with Crippen LogP contribution in [-0.2, 0) is 0 Å². The van der Waals surface area contributed by atoms with E-state index in [-0.39, 0.29) is 0 Å². The van der Waals surface area contributed by atoms with E-state index in [1.807, 2.05) is 6.92 Å². The zero-order valence-electron chi connectivity index (χ0n) is 10.0. The number of rotatable bonds is 1. The van der Waals surface area contributed by atoms with Crippen LogP contribution in [0, 0.1) is 18.5 Å². The second kappa shape index (κ2) is 4.95. The first kappa shape index (κ1) is 11.6. The first-order chi connectivity index (χ1) is 7.68. The van der Waals surface area contributed by atoms with Crippen LogP contribution in [0.15, 0.2) is 0 Å². The van der Waals surface area contributed by atoms with Gasteiger partial charge in [-0.3, -0.25) is 0 Å². The van der Waals surface area contributed by atoms with Crippen LogP contribution in [0.3, 0.4) is 0 Å². The van der Waals surface area contributed by atoms with Crippen molar-refractivity contribution in [3.63, 3.8) is 0 Å². The Kier molecular flexibility index (Phi) is 3.59. The molecule has 0 saturated carbocycles. The fourth-order valence-corrected chi connectivity index (χ4v) is 2.30. The molecule has 2 rings (SSSR count). The summed E-state index contributed by atoms with van der Waals surface area (Å²) in [6.45, 7) is 6.28. The molecule has 0 aliphatic carbocycles.